The van der Waals surface area contributed by atoms with Crippen molar-refractivity contribution >= 4 is 131 Å². The first-order valence-corrected chi connectivity index (χ1v) is 5.29. The number of hydrogen-bond acceptors (Lipinski definition) is 6. The van der Waals surface area contributed by atoms with Crippen LogP contribution in [0.5, 0.6) is 0 Å². The molecule has 0 fully saturated rings. The molecule has 0 saturated carbocycles. The standard InChI is InChI=1S/C10H12O11.ClH.3Na.3H/c11-5(12)1-4(8(17)18)21-10(9(19)20,2-6(13)14)3-7(15)16;;;;;;;/h4H,1-3H2,(H,11,12)(H,13,14)(H,15,16)(H,17,18)(H,19,20);1H;;;;;;. The van der Waals surface area contributed by atoms with Gasteiger partial charge in [-0.15, -0.1) is 12.4 Å². The first kappa shape index (κ1) is 36.5. The topological polar surface area (TPSA) is 196 Å². The molecule has 0 aliphatic rings. The second-order valence-corrected chi connectivity index (χ2v) is 3.98. The van der Waals surface area contributed by atoms with Crippen LogP contribution in [-0.2, 0) is 28.7 Å². The molecule has 0 rings (SSSR count). The van der Waals surface area contributed by atoms with Crippen molar-refractivity contribution in [3.63, 3.8) is 0 Å². The summed E-state index contributed by atoms with van der Waals surface area (Å²) in [6.45, 7) is 0. The maximum absolute atomic E-state index is 11.1. The predicted octanol–water partition coefficient (Wildman–Crippen LogP) is -2.82. The summed E-state index contributed by atoms with van der Waals surface area (Å²) < 4.78 is 4.55. The predicted molar refractivity (Wildman–Crippen MR) is 88.3 cm³/mol. The molecule has 0 spiro atoms. The van der Waals surface area contributed by atoms with Gasteiger partial charge in [-0.05, 0) is 0 Å². The summed E-state index contributed by atoms with van der Waals surface area (Å²) in [4.78, 5) is 53.8. The summed E-state index contributed by atoms with van der Waals surface area (Å²) in [5.74, 6) is -9.04. The number of aliphatic carboxylic acids is 5. The van der Waals surface area contributed by atoms with Crippen molar-refractivity contribution in [1.29, 1.82) is 0 Å². The van der Waals surface area contributed by atoms with Crippen LogP contribution in [0, 0.1) is 0 Å². The summed E-state index contributed by atoms with van der Waals surface area (Å²) >= 11 is 0. The van der Waals surface area contributed by atoms with Crippen LogP contribution in [0.25, 0.3) is 0 Å². The fourth-order valence-electron chi connectivity index (χ4n) is 1.45. The Morgan fingerprint density at radius 2 is 1.12 bits per heavy atom. The molecular formula is C10H16ClNa3O11. The number of hydrogen-bond donors (Lipinski definition) is 5. The van der Waals surface area contributed by atoms with E-state index in [2.05, 4.69) is 4.74 Å². The zero-order valence-electron chi connectivity index (χ0n) is 10.8. The Kier molecular flexibility index (Phi) is 24.5. The van der Waals surface area contributed by atoms with Gasteiger partial charge in [0.1, 0.15) is 0 Å². The number of carboxylic acid groups (broad SMARTS) is 5. The number of carboxylic acids is 5. The fourth-order valence-corrected chi connectivity index (χ4v) is 1.45. The summed E-state index contributed by atoms with van der Waals surface area (Å²) in [7, 11) is 0. The molecule has 15 heteroatoms. The Labute approximate surface area is 213 Å². The van der Waals surface area contributed by atoms with Crippen molar-refractivity contribution in [2.24, 2.45) is 0 Å². The summed E-state index contributed by atoms with van der Waals surface area (Å²) in [5, 5.41) is 43.6. The van der Waals surface area contributed by atoms with Gasteiger partial charge in [0.05, 0.1) is 19.3 Å². The molecule has 0 aromatic heterocycles. The normalized spacial score (nSPS) is 10.4. The molecule has 1 atom stereocenters. The SMILES string of the molecule is Cl.O=C(O)CC(OC(CC(=O)O)(CC(=O)O)C(=O)O)C(=O)O.[NaH].[NaH].[NaH]. The first-order chi connectivity index (χ1) is 9.50. The van der Waals surface area contributed by atoms with Crippen LogP contribution in [0.1, 0.15) is 19.3 Å². The quantitative estimate of drug-likeness (QED) is 0.230. The van der Waals surface area contributed by atoms with Crippen molar-refractivity contribution < 1.29 is 54.2 Å². The summed E-state index contributed by atoms with van der Waals surface area (Å²) in [6, 6.07) is 0. The third-order valence-corrected chi connectivity index (χ3v) is 2.27. The Morgan fingerprint density at radius 3 is 1.32 bits per heavy atom. The number of ether oxygens (including phenoxy) is 1. The van der Waals surface area contributed by atoms with E-state index < -0.39 is 60.8 Å². The van der Waals surface area contributed by atoms with E-state index in [9.17, 15) is 24.0 Å². The molecule has 0 saturated heterocycles. The van der Waals surface area contributed by atoms with E-state index in [4.69, 9.17) is 25.5 Å². The van der Waals surface area contributed by atoms with Gasteiger partial charge in [-0.3, -0.25) is 14.4 Å². The van der Waals surface area contributed by atoms with Crippen molar-refractivity contribution in [1.82, 2.24) is 0 Å². The Bertz CT molecular complexity index is 469. The third-order valence-electron chi connectivity index (χ3n) is 2.27. The number of rotatable bonds is 10. The van der Waals surface area contributed by atoms with Gasteiger partial charge < -0.3 is 30.3 Å². The average Bonchev–Trinajstić information content (AvgIpc) is 2.24. The van der Waals surface area contributed by atoms with E-state index in [1.807, 2.05) is 0 Å². The molecule has 1 unspecified atom stereocenters. The van der Waals surface area contributed by atoms with Crippen LogP contribution in [0.4, 0.5) is 0 Å². The van der Waals surface area contributed by atoms with Crippen molar-refractivity contribution in [3.8, 4) is 0 Å². The molecular weight excluding hydrogens is 401 g/mol. The van der Waals surface area contributed by atoms with Gasteiger partial charge >= 0.3 is 119 Å². The first-order valence-electron chi connectivity index (χ1n) is 5.29. The molecule has 0 bridgehead atoms. The zero-order chi connectivity index (χ0) is 16.8. The second kappa shape index (κ2) is 16.8. The minimum atomic E-state index is -2.89. The van der Waals surface area contributed by atoms with E-state index in [1.165, 1.54) is 0 Å². The molecule has 25 heavy (non-hydrogen) atoms. The van der Waals surface area contributed by atoms with Gasteiger partial charge in [-0.1, -0.05) is 0 Å². The Balaban J connectivity index is -0.000000333. The van der Waals surface area contributed by atoms with Crippen LogP contribution >= 0.6 is 12.4 Å². The van der Waals surface area contributed by atoms with Gasteiger partial charge in [-0.2, -0.15) is 0 Å². The van der Waals surface area contributed by atoms with Gasteiger partial charge in [0.15, 0.2) is 11.7 Å². The summed E-state index contributed by atoms with van der Waals surface area (Å²) in [5.41, 5.74) is -2.89. The van der Waals surface area contributed by atoms with Crippen LogP contribution in [-0.4, -0.2) is 156 Å². The fraction of sp³-hybridized carbons (Fsp3) is 0.500. The monoisotopic (exact) mass is 416 g/mol. The molecule has 0 amide bonds. The van der Waals surface area contributed by atoms with Gasteiger partial charge in [0.25, 0.3) is 0 Å². The van der Waals surface area contributed by atoms with E-state index in [0.29, 0.717) is 0 Å². The van der Waals surface area contributed by atoms with Crippen molar-refractivity contribution in [2.45, 2.75) is 31.0 Å². The van der Waals surface area contributed by atoms with Crippen molar-refractivity contribution in [2.75, 3.05) is 0 Å². The Morgan fingerprint density at radius 1 is 0.760 bits per heavy atom. The minimum absolute atomic E-state index is 0. The number of halogens is 1. The van der Waals surface area contributed by atoms with Crippen LogP contribution < -0.4 is 0 Å². The van der Waals surface area contributed by atoms with Gasteiger partial charge in [0.2, 0.25) is 0 Å². The molecule has 11 nitrogen and oxygen atoms in total. The van der Waals surface area contributed by atoms with E-state index in [0.717, 1.165) is 0 Å². The number of carbonyl (C=O) groups is 5. The second-order valence-electron chi connectivity index (χ2n) is 3.98. The maximum atomic E-state index is 11.1. The molecule has 0 aromatic rings. The molecule has 5 N–H and O–H groups in total. The van der Waals surface area contributed by atoms with Crippen LogP contribution in [0.15, 0.2) is 0 Å². The zero-order valence-corrected chi connectivity index (χ0v) is 11.6. The van der Waals surface area contributed by atoms with E-state index in [-0.39, 0.29) is 101 Å². The van der Waals surface area contributed by atoms with Crippen LogP contribution in [0.3, 0.4) is 0 Å². The molecule has 0 heterocycles. The van der Waals surface area contributed by atoms with E-state index in [1.54, 1.807) is 0 Å². The van der Waals surface area contributed by atoms with Gasteiger partial charge in [-0.25, -0.2) is 9.59 Å². The van der Waals surface area contributed by atoms with E-state index >= 15 is 0 Å². The Hall–Kier alpha value is 0.600. The average molecular weight is 417 g/mol. The van der Waals surface area contributed by atoms with Gasteiger partial charge in [0, 0.05) is 0 Å². The molecule has 0 aromatic carbocycles. The van der Waals surface area contributed by atoms with Crippen LogP contribution in [0.2, 0.25) is 0 Å². The van der Waals surface area contributed by atoms with Crippen molar-refractivity contribution in [3.05, 3.63) is 0 Å². The molecule has 0 aliphatic heterocycles. The summed E-state index contributed by atoms with van der Waals surface area (Å²) in [6.07, 6.45) is -6.07. The molecule has 132 valence electrons. The molecule has 0 aliphatic carbocycles. The molecule has 0 radical (unpaired) electrons. The third kappa shape index (κ3) is 14.3.